The summed E-state index contributed by atoms with van der Waals surface area (Å²) in [6, 6.07) is 146. The zero-order valence-electron chi connectivity index (χ0n) is 79.8. The standard InChI is InChI=1S/C68H61N.C62H57N/c1-66(2,3)52-34-37-57-60(42-52)64(49-28-24-45(25-29-49)44-16-12-10-13-17-44)56-36-33-53(67(4,5)6)43-61(56)65(57)50-30-26-47(27-31-50)46-20-22-48(23-21-46)51-32-38-62-58(40-51)59-41-54(68(7,8)9)35-39-63(59)69(62)55-18-14-11-15-19-55;1-60(2,3)46-30-33-51-54(38-46)58(43-16-12-10-13-17-43)50-32-29-47(61(4,5)6)39-55(50)59(51)44-26-24-41(25-27-44)40-20-22-42(23-21-40)45-28-34-56-52(36-45)53-37-48(62(7,8)9)31-35-57(53)63(56)49-18-14-11-15-19-49/h10-43H,1-9H3;10-39H,1-9H3. The van der Waals surface area contributed by atoms with Gasteiger partial charge in [0.1, 0.15) is 0 Å². The molecule has 2 nitrogen and oxygen atoms in total. The number of aromatic nitrogens is 2. The molecule has 0 atom stereocenters. The zero-order valence-corrected chi connectivity index (χ0v) is 79.8. The van der Waals surface area contributed by atoms with Crippen molar-refractivity contribution in [1.82, 2.24) is 9.13 Å². The molecule has 0 N–H and O–H groups in total. The molecule has 0 saturated heterocycles. The monoisotopic (exact) mass is 1710 g/mol. The fourth-order valence-corrected chi connectivity index (χ4v) is 20.0. The molecule has 0 bridgehead atoms. The Balaban J connectivity index is 0.000000165. The van der Waals surface area contributed by atoms with E-state index in [1.165, 1.54) is 232 Å². The van der Waals surface area contributed by atoms with Crippen molar-refractivity contribution in [1.29, 1.82) is 0 Å². The maximum atomic E-state index is 2.47. The first kappa shape index (κ1) is 85.9. The summed E-state index contributed by atoms with van der Waals surface area (Å²) in [5, 5.41) is 15.4. The van der Waals surface area contributed by atoms with Gasteiger partial charge in [0, 0.05) is 32.9 Å². The molecule has 2 aromatic heterocycles. The number of benzene rings is 19. The van der Waals surface area contributed by atoms with E-state index in [2.05, 4.69) is 522 Å². The van der Waals surface area contributed by atoms with Crippen LogP contribution < -0.4 is 0 Å². The molecule has 0 fully saturated rings. The van der Waals surface area contributed by atoms with E-state index in [1.807, 2.05) is 0 Å². The van der Waals surface area contributed by atoms with E-state index in [4.69, 9.17) is 0 Å². The first-order chi connectivity index (χ1) is 63.2. The summed E-state index contributed by atoms with van der Waals surface area (Å²) in [6.07, 6.45) is 0. The van der Waals surface area contributed by atoms with Crippen molar-refractivity contribution in [2.75, 3.05) is 0 Å². The van der Waals surface area contributed by atoms with Crippen molar-refractivity contribution in [2.45, 2.75) is 157 Å². The summed E-state index contributed by atoms with van der Waals surface area (Å²) in [5.74, 6) is 0. The van der Waals surface area contributed by atoms with Crippen LogP contribution in [0.4, 0.5) is 0 Å². The number of para-hydroxylation sites is 2. The molecule has 0 unspecified atom stereocenters. The van der Waals surface area contributed by atoms with E-state index in [0.717, 1.165) is 0 Å². The SMILES string of the molecule is CC(C)(C)c1ccc2c(-c3ccc(-c4ccc(-c5ccc6c(c5)c5cc(C(C)(C)C)ccc5n6-c5ccccc5)cc4)cc3)c3cc(C(C)(C)C)ccc3c(-c3ccc(-c4ccccc4)cc3)c2c1.CC(C)(C)c1ccc2c(-c3ccc(-c4ccc(-c5ccc6c(c5)c5cc(C(C)(C)C)ccc5n6-c5ccccc5)cc4)cc3)c3cc(C(C)(C)C)ccc3c(-c3ccccc3)c2c1. The summed E-state index contributed by atoms with van der Waals surface area (Å²) in [4.78, 5) is 0. The molecule has 19 aromatic carbocycles. The highest BCUT2D eigenvalue weighted by molar-refractivity contribution is 6.24. The molecule has 2 heterocycles. The van der Waals surface area contributed by atoms with E-state index in [-0.39, 0.29) is 32.5 Å². The lowest BCUT2D eigenvalue weighted by atomic mass is 9.79. The Morgan fingerprint density at radius 1 is 0.129 bits per heavy atom. The van der Waals surface area contributed by atoms with E-state index in [1.54, 1.807) is 0 Å². The zero-order chi connectivity index (χ0) is 91.7. The largest absolute Gasteiger partial charge is 0.309 e. The Morgan fingerprint density at radius 2 is 0.295 bits per heavy atom. The molecule has 0 spiro atoms. The van der Waals surface area contributed by atoms with E-state index < -0.39 is 0 Å². The van der Waals surface area contributed by atoms with Crippen molar-refractivity contribution >= 4 is 86.7 Å². The highest BCUT2D eigenvalue weighted by Crippen LogP contribution is 2.51. The van der Waals surface area contributed by atoms with Gasteiger partial charge >= 0.3 is 0 Å². The smallest absolute Gasteiger partial charge is 0.0541 e. The van der Waals surface area contributed by atoms with Gasteiger partial charge in [-0.15, -0.1) is 0 Å². The van der Waals surface area contributed by atoms with Crippen molar-refractivity contribution in [2.24, 2.45) is 0 Å². The molecular formula is C130H118N2. The lowest BCUT2D eigenvalue weighted by molar-refractivity contribution is 0.590. The van der Waals surface area contributed by atoms with Crippen molar-refractivity contribution in [3.8, 4) is 112 Å². The van der Waals surface area contributed by atoms with E-state index >= 15 is 0 Å². The predicted molar refractivity (Wildman–Crippen MR) is 573 cm³/mol. The van der Waals surface area contributed by atoms with Crippen molar-refractivity contribution < 1.29 is 0 Å². The van der Waals surface area contributed by atoms with Gasteiger partial charge in [-0.25, -0.2) is 0 Å². The molecule has 0 radical (unpaired) electrons. The summed E-state index contributed by atoms with van der Waals surface area (Å²) >= 11 is 0. The summed E-state index contributed by atoms with van der Waals surface area (Å²) in [5.41, 5.74) is 37.7. The maximum absolute atomic E-state index is 2.47. The van der Waals surface area contributed by atoms with E-state index in [0.29, 0.717) is 0 Å². The number of hydrogen-bond donors (Lipinski definition) is 0. The molecule has 0 amide bonds. The Labute approximate surface area is 780 Å². The Bertz CT molecular complexity index is 7980. The lowest BCUT2D eigenvalue weighted by Crippen LogP contribution is -2.11. The Hall–Kier alpha value is -14.2. The minimum atomic E-state index is -0.00733. The molecule has 0 aliphatic carbocycles. The molecule has 0 saturated carbocycles. The van der Waals surface area contributed by atoms with Crippen LogP contribution in [-0.2, 0) is 32.5 Å². The van der Waals surface area contributed by atoms with Crippen LogP contribution in [0.25, 0.3) is 198 Å². The molecule has 0 aliphatic rings. The van der Waals surface area contributed by atoms with Gasteiger partial charge in [-0.1, -0.05) is 416 Å². The van der Waals surface area contributed by atoms with Crippen LogP contribution in [-0.4, -0.2) is 9.13 Å². The van der Waals surface area contributed by atoms with Gasteiger partial charge in [0.15, 0.2) is 0 Å². The molecule has 0 aliphatic heterocycles. The predicted octanol–water partition coefficient (Wildman–Crippen LogP) is 37.0. The Morgan fingerprint density at radius 3 is 0.538 bits per heavy atom. The van der Waals surface area contributed by atoms with Crippen molar-refractivity contribution in [3.05, 3.63) is 422 Å². The van der Waals surface area contributed by atoms with Gasteiger partial charge in [-0.3, -0.25) is 0 Å². The van der Waals surface area contributed by atoms with Crippen LogP contribution in [0.2, 0.25) is 0 Å². The molecule has 132 heavy (non-hydrogen) atoms. The average molecular weight is 1710 g/mol. The highest BCUT2D eigenvalue weighted by Gasteiger charge is 2.29. The van der Waals surface area contributed by atoms with Gasteiger partial charge in [0.25, 0.3) is 0 Å². The van der Waals surface area contributed by atoms with Gasteiger partial charge < -0.3 is 9.13 Å². The van der Waals surface area contributed by atoms with Gasteiger partial charge in [-0.05, 0) is 306 Å². The number of nitrogens with zero attached hydrogens (tertiary/aromatic N) is 2. The van der Waals surface area contributed by atoms with Crippen LogP contribution in [0, 0.1) is 0 Å². The fraction of sp³-hybridized carbons (Fsp3) is 0.185. The number of rotatable bonds is 11. The molecule has 2 heteroatoms. The quantitative estimate of drug-likeness (QED) is 0.114. The normalized spacial score (nSPS) is 12.5. The third kappa shape index (κ3) is 16.1. The van der Waals surface area contributed by atoms with Crippen LogP contribution in [0.3, 0.4) is 0 Å². The van der Waals surface area contributed by atoms with Crippen LogP contribution in [0.5, 0.6) is 0 Å². The van der Waals surface area contributed by atoms with Crippen LogP contribution >= 0.6 is 0 Å². The van der Waals surface area contributed by atoms with Crippen LogP contribution in [0.15, 0.2) is 388 Å². The minimum Gasteiger partial charge on any atom is -0.309 e. The summed E-state index contributed by atoms with van der Waals surface area (Å²) in [7, 11) is 0. The molecular weight excluding hydrogens is 1590 g/mol. The molecule has 648 valence electrons. The first-order valence-corrected chi connectivity index (χ1v) is 47.2. The van der Waals surface area contributed by atoms with Crippen LogP contribution in [0.1, 0.15) is 158 Å². The average Bonchev–Trinajstić information content (AvgIpc) is 1.73. The topological polar surface area (TPSA) is 9.86 Å². The second kappa shape index (κ2) is 33.0. The maximum Gasteiger partial charge on any atom is 0.0541 e. The third-order valence-corrected chi connectivity index (χ3v) is 27.8. The summed E-state index contributed by atoms with van der Waals surface area (Å²) < 4.78 is 4.81. The van der Waals surface area contributed by atoms with Gasteiger partial charge in [0.05, 0.1) is 22.1 Å². The van der Waals surface area contributed by atoms with Gasteiger partial charge in [-0.2, -0.15) is 0 Å². The molecule has 21 rings (SSSR count). The van der Waals surface area contributed by atoms with Crippen molar-refractivity contribution in [3.63, 3.8) is 0 Å². The number of fused-ring (bicyclic) bond motifs is 10. The highest BCUT2D eigenvalue weighted by atomic mass is 15.0. The second-order valence-corrected chi connectivity index (χ2v) is 42.9. The third-order valence-electron chi connectivity index (χ3n) is 27.8. The minimum absolute atomic E-state index is 0.00325. The van der Waals surface area contributed by atoms with Gasteiger partial charge in [0.2, 0.25) is 0 Å². The second-order valence-electron chi connectivity index (χ2n) is 42.9. The summed E-state index contributed by atoms with van der Waals surface area (Å²) in [6.45, 7) is 41.6. The lowest BCUT2D eigenvalue weighted by Gasteiger charge is -2.25. The Kier molecular flexibility index (Phi) is 21.5. The first-order valence-electron chi connectivity index (χ1n) is 47.2. The molecule has 21 aromatic rings. The van der Waals surface area contributed by atoms with E-state index in [9.17, 15) is 0 Å². The number of hydrogen-bond acceptors (Lipinski definition) is 0. The fourth-order valence-electron chi connectivity index (χ4n) is 20.0.